The van der Waals surface area contributed by atoms with Gasteiger partial charge in [0.05, 0.1) is 11.0 Å². The highest BCUT2D eigenvalue weighted by Crippen LogP contribution is 2.64. The fourth-order valence-electron chi connectivity index (χ4n) is 5.54. The molecule has 0 aromatic heterocycles. The van der Waals surface area contributed by atoms with Crippen molar-refractivity contribution in [3.05, 3.63) is 23.3 Å². The first-order chi connectivity index (χ1) is 10.5. The van der Waals surface area contributed by atoms with Crippen LogP contribution in [0.1, 0.15) is 30.4 Å². The van der Waals surface area contributed by atoms with Crippen LogP contribution in [0.4, 0.5) is 0 Å². The third kappa shape index (κ3) is 1.13. The molecule has 22 heavy (non-hydrogen) atoms. The summed E-state index contributed by atoms with van der Waals surface area (Å²) in [5, 5.41) is 21.8. The Morgan fingerprint density at radius 3 is 3.00 bits per heavy atom. The van der Waals surface area contributed by atoms with Crippen molar-refractivity contribution in [1.82, 2.24) is 4.90 Å². The van der Waals surface area contributed by atoms with E-state index in [4.69, 9.17) is 4.74 Å². The average Bonchev–Trinajstić information content (AvgIpc) is 2.85. The Morgan fingerprint density at radius 1 is 1.36 bits per heavy atom. The topological polar surface area (TPSA) is 70.0 Å². The minimum Gasteiger partial charge on any atom is -0.504 e. The van der Waals surface area contributed by atoms with Crippen molar-refractivity contribution in [1.29, 1.82) is 0 Å². The molecule has 0 radical (unpaired) electrons. The number of aliphatic hydroxyl groups is 1. The van der Waals surface area contributed by atoms with E-state index in [2.05, 4.69) is 4.90 Å². The SMILES string of the molecule is CN1CC[C@]23c4c5ccc(O)c4O[C@H]2C(=O)CCC3(O)C1C5. The number of Topliss-reactive ketones (excluding diaryl/α,β-unsaturated/α-hetero) is 1. The second kappa shape index (κ2) is 3.66. The van der Waals surface area contributed by atoms with E-state index in [1.165, 1.54) is 0 Å². The number of carbonyl (C=O) groups excluding carboxylic acids is 1. The number of carbonyl (C=O) groups is 1. The van der Waals surface area contributed by atoms with E-state index in [1.54, 1.807) is 6.07 Å². The van der Waals surface area contributed by atoms with Gasteiger partial charge in [0, 0.05) is 18.0 Å². The van der Waals surface area contributed by atoms with Gasteiger partial charge in [-0.25, -0.2) is 0 Å². The molecular weight excluding hydrogens is 282 g/mol. The summed E-state index contributed by atoms with van der Waals surface area (Å²) < 4.78 is 5.94. The normalized spacial score (nSPS) is 42.0. The molecule has 0 amide bonds. The van der Waals surface area contributed by atoms with Crippen molar-refractivity contribution < 1.29 is 19.7 Å². The number of piperidine rings is 1. The van der Waals surface area contributed by atoms with E-state index in [0.717, 1.165) is 24.1 Å². The Morgan fingerprint density at radius 2 is 2.18 bits per heavy atom. The Hall–Kier alpha value is -1.59. The number of phenolic OH excluding ortho intramolecular Hbond substituents is 1. The lowest BCUT2D eigenvalue weighted by atomic mass is 9.49. The summed E-state index contributed by atoms with van der Waals surface area (Å²) in [6.45, 7) is 0.828. The average molecular weight is 301 g/mol. The molecule has 2 N–H and O–H groups in total. The molecule has 5 rings (SSSR count). The molecule has 2 aliphatic carbocycles. The van der Waals surface area contributed by atoms with E-state index in [-0.39, 0.29) is 17.6 Å². The second-order valence-electron chi connectivity index (χ2n) is 7.26. The number of hydrogen-bond acceptors (Lipinski definition) is 5. The van der Waals surface area contributed by atoms with Crippen LogP contribution in [0, 0.1) is 0 Å². The highest BCUT2D eigenvalue weighted by Gasteiger charge is 2.72. The highest BCUT2D eigenvalue weighted by atomic mass is 16.5. The van der Waals surface area contributed by atoms with E-state index < -0.39 is 17.1 Å². The van der Waals surface area contributed by atoms with Gasteiger partial charge in [0.1, 0.15) is 0 Å². The molecule has 4 aliphatic rings. The lowest BCUT2D eigenvalue weighted by molar-refractivity contribution is -0.185. The van der Waals surface area contributed by atoms with Crippen molar-refractivity contribution in [2.75, 3.05) is 13.6 Å². The zero-order valence-electron chi connectivity index (χ0n) is 12.5. The van der Waals surface area contributed by atoms with Gasteiger partial charge in [-0.3, -0.25) is 4.79 Å². The van der Waals surface area contributed by atoms with Crippen LogP contribution in [0.15, 0.2) is 12.1 Å². The molecule has 2 heterocycles. The van der Waals surface area contributed by atoms with Gasteiger partial charge in [-0.05, 0) is 44.5 Å². The number of benzene rings is 1. The van der Waals surface area contributed by atoms with Crippen molar-refractivity contribution >= 4 is 5.78 Å². The molecule has 5 nitrogen and oxygen atoms in total. The smallest absolute Gasteiger partial charge is 0.174 e. The fraction of sp³-hybridized carbons (Fsp3) is 0.588. The van der Waals surface area contributed by atoms with Crippen molar-refractivity contribution in [3.8, 4) is 11.5 Å². The third-order valence-corrected chi connectivity index (χ3v) is 6.53. The van der Waals surface area contributed by atoms with Gasteiger partial charge in [-0.15, -0.1) is 0 Å². The van der Waals surface area contributed by atoms with E-state index in [1.807, 2.05) is 13.1 Å². The monoisotopic (exact) mass is 301 g/mol. The minimum atomic E-state index is -0.954. The molecule has 5 heteroatoms. The first-order valence-corrected chi connectivity index (χ1v) is 7.96. The van der Waals surface area contributed by atoms with Gasteiger partial charge < -0.3 is 19.8 Å². The zero-order chi connectivity index (χ0) is 15.3. The summed E-state index contributed by atoms with van der Waals surface area (Å²) in [6, 6.07) is 3.57. The third-order valence-electron chi connectivity index (χ3n) is 6.53. The lowest BCUT2D eigenvalue weighted by Crippen LogP contribution is -2.76. The summed E-state index contributed by atoms with van der Waals surface area (Å²) in [4.78, 5) is 14.7. The molecule has 116 valence electrons. The number of phenols is 1. The Balaban J connectivity index is 1.88. The number of aromatic hydroxyl groups is 1. The standard InChI is InChI=1S/C17H19NO4/c1-18-7-6-16-13-9-2-3-10(19)14(13)22-15(16)11(20)4-5-17(16,21)12(18)8-9/h2-3,12,15,19,21H,4-8H2,1H3/t12?,15-,16-,17?/m0/s1. The quantitative estimate of drug-likeness (QED) is 0.740. The van der Waals surface area contributed by atoms with Crippen molar-refractivity contribution in [2.24, 2.45) is 0 Å². The predicted molar refractivity (Wildman–Crippen MR) is 78.1 cm³/mol. The molecular formula is C17H19NO4. The Labute approximate surface area is 128 Å². The molecule has 1 aromatic rings. The van der Waals surface area contributed by atoms with Gasteiger partial charge in [-0.2, -0.15) is 0 Å². The molecule has 1 saturated heterocycles. The minimum absolute atomic E-state index is 0.00319. The van der Waals surface area contributed by atoms with E-state index in [0.29, 0.717) is 25.0 Å². The number of nitrogens with zero attached hydrogens (tertiary/aromatic N) is 1. The summed E-state index contributed by atoms with van der Waals surface area (Å²) in [5.74, 6) is 0.561. The van der Waals surface area contributed by atoms with Crippen LogP contribution in [0.25, 0.3) is 0 Å². The van der Waals surface area contributed by atoms with Crippen LogP contribution in [-0.4, -0.2) is 52.2 Å². The Bertz CT molecular complexity index is 717. The first kappa shape index (κ1) is 12.9. The maximum atomic E-state index is 12.5. The number of rotatable bonds is 0. The van der Waals surface area contributed by atoms with Gasteiger partial charge in [0.15, 0.2) is 23.4 Å². The fourth-order valence-corrected chi connectivity index (χ4v) is 5.54. The summed E-state index contributed by atoms with van der Waals surface area (Å²) in [5.41, 5.74) is 0.370. The van der Waals surface area contributed by atoms with Crippen LogP contribution >= 0.6 is 0 Å². The largest absolute Gasteiger partial charge is 0.504 e. The van der Waals surface area contributed by atoms with Gasteiger partial charge >= 0.3 is 0 Å². The molecule has 2 unspecified atom stereocenters. The maximum Gasteiger partial charge on any atom is 0.174 e. The van der Waals surface area contributed by atoms with Crippen LogP contribution in [0.5, 0.6) is 11.5 Å². The molecule has 4 atom stereocenters. The summed E-state index contributed by atoms with van der Waals surface area (Å²) in [7, 11) is 2.04. The second-order valence-corrected chi connectivity index (χ2v) is 7.26. The van der Waals surface area contributed by atoms with E-state index >= 15 is 0 Å². The molecule has 1 spiro atoms. The van der Waals surface area contributed by atoms with Crippen LogP contribution in [-0.2, 0) is 16.6 Å². The number of hydrogen-bond donors (Lipinski definition) is 2. The summed E-state index contributed by atoms with van der Waals surface area (Å²) in [6.07, 6.45) is 1.61. The van der Waals surface area contributed by atoms with E-state index in [9.17, 15) is 15.0 Å². The highest BCUT2D eigenvalue weighted by molar-refractivity contribution is 5.90. The number of likely N-dealkylation sites (tertiary alicyclic amines) is 1. The van der Waals surface area contributed by atoms with Crippen LogP contribution in [0.3, 0.4) is 0 Å². The van der Waals surface area contributed by atoms with Crippen molar-refractivity contribution in [3.63, 3.8) is 0 Å². The molecule has 2 aliphatic heterocycles. The number of likely N-dealkylation sites (N-methyl/N-ethyl adjacent to an activating group) is 1. The molecule has 2 bridgehead atoms. The van der Waals surface area contributed by atoms with Gasteiger partial charge in [-0.1, -0.05) is 6.07 Å². The van der Waals surface area contributed by atoms with Gasteiger partial charge in [0.2, 0.25) is 0 Å². The van der Waals surface area contributed by atoms with Gasteiger partial charge in [0.25, 0.3) is 0 Å². The van der Waals surface area contributed by atoms with Crippen molar-refractivity contribution in [2.45, 2.75) is 48.8 Å². The number of ketones is 1. The van der Waals surface area contributed by atoms with Crippen LogP contribution < -0.4 is 4.74 Å². The zero-order valence-corrected chi connectivity index (χ0v) is 12.5. The Kier molecular flexibility index (Phi) is 2.15. The molecule has 1 saturated carbocycles. The lowest BCUT2D eigenvalue weighted by Gasteiger charge is -2.61. The molecule has 2 fully saturated rings. The molecule has 1 aromatic carbocycles. The summed E-state index contributed by atoms with van der Waals surface area (Å²) >= 11 is 0. The first-order valence-electron chi connectivity index (χ1n) is 7.96. The van der Waals surface area contributed by atoms with Crippen LogP contribution in [0.2, 0.25) is 0 Å². The number of ether oxygens (including phenoxy) is 1. The predicted octanol–water partition coefficient (Wildman–Crippen LogP) is 0.745. The maximum absolute atomic E-state index is 12.5.